The highest BCUT2D eigenvalue weighted by Gasteiger charge is 2.25. The summed E-state index contributed by atoms with van der Waals surface area (Å²) in [6, 6.07) is 13.0. The first-order chi connectivity index (χ1) is 10.9. The lowest BCUT2D eigenvalue weighted by molar-refractivity contribution is 0.104. The van der Waals surface area contributed by atoms with Gasteiger partial charge >= 0.3 is 0 Å². The van der Waals surface area contributed by atoms with Gasteiger partial charge in [0.1, 0.15) is 5.71 Å². The highest BCUT2D eigenvalue weighted by Crippen LogP contribution is 2.26. The number of fused-ring (bicyclic) bond motifs is 1. The van der Waals surface area contributed by atoms with Crippen LogP contribution in [0.2, 0.25) is 0 Å². The lowest BCUT2D eigenvalue weighted by atomic mass is 9.94. The molecule has 0 saturated heterocycles. The molecular formula is C17H12ClNO3S. The Hall–Kier alpha value is -2.24. The van der Waals surface area contributed by atoms with Gasteiger partial charge < -0.3 is 0 Å². The topological polar surface area (TPSA) is 63.6 Å². The largest absolute Gasteiger partial charge is 0.289 e. The molecule has 23 heavy (non-hydrogen) atoms. The Bertz CT molecular complexity index is 958. The minimum atomic E-state index is -3.92. The number of hydrogen-bond donors (Lipinski definition) is 0. The van der Waals surface area contributed by atoms with Crippen LogP contribution in [0.5, 0.6) is 0 Å². The SMILES string of the molecule is Cc1ccc(S(=O)(=O)/N=C2\C(Cl)=CC(=O)c3ccccc32)cc1. The molecule has 0 atom stereocenters. The minimum absolute atomic E-state index is 0.0180. The third-order valence-corrected chi connectivity index (χ3v) is 5.04. The summed E-state index contributed by atoms with van der Waals surface area (Å²) < 4.78 is 28.8. The summed E-state index contributed by atoms with van der Waals surface area (Å²) in [7, 11) is -3.92. The smallest absolute Gasteiger partial charge is 0.282 e. The van der Waals surface area contributed by atoms with Gasteiger partial charge in [0.05, 0.1) is 9.93 Å². The van der Waals surface area contributed by atoms with Crippen LogP contribution in [0, 0.1) is 6.92 Å². The van der Waals surface area contributed by atoms with E-state index in [0.717, 1.165) is 5.56 Å². The Morgan fingerprint density at radius 2 is 1.57 bits per heavy atom. The molecule has 0 radical (unpaired) electrons. The Labute approximate surface area is 139 Å². The van der Waals surface area contributed by atoms with E-state index < -0.39 is 10.0 Å². The summed E-state index contributed by atoms with van der Waals surface area (Å²) in [6.45, 7) is 1.87. The second-order valence-corrected chi connectivity index (χ2v) is 7.14. The molecule has 0 aliphatic heterocycles. The Morgan fingerprint density at radius 1 is 0.957 bits per heavy atom. The number of sulfonamides is 1. The van der Waals surface area contributed by atoms with E-state index in [2.05, 4.69) is 4.40 Å². The zero-order valence-electron chi connectivity index (χ0n) is 12.2. The maximum absolute atomic E-state index is 12.5. The van der Waals surface area contributed by atoms with Crippen molar-refractivity contribution >= 4 is 33.1 Å². The third kappa shape index (κ3) is 2.98. The average Bonchev–Trinajstić information content (AvgIpc) is 2.52. The van der Waals surface area contributed by atoms with Gasteiger partial charge in [0.25, 0.3) is 10.0 Å². The predicted molar refractivity (Wildman–Crippen MR) is 89.6 cm³/mol. The van der Waals surface area contributed by atoms with Crippen molar-refractivity contribution in [1.82, 2.24) is 0 Å². The van der Waals surface area contributed by atoms with Crippen LogP contribution in [-0.2, 0) is 10.0 Å². The van der Waals surface area contributed by atoms with Crippen molar-refractivity contribution in [2.75, 3.05) is 0 Å². The Morgan fingerprint density at radius 3 is 2.22 bits per heavy atom. The van der Waals surface area contributed by atoms with E-state index in [1.54, 1.807) is 36.4 Å². The highest BCUT2D eigenvalue weighted by molar-refractivity contribution is 7.90. The molecule has 4 nitrogen and oxygen atoms in total. The van der Waals surface area contributed by atoms with Crippen LogP contribution in [0.25, 0.3) is 0 Å². The van der Waals surface area contributed by atoms with Crippen molar-refractivity contribution in [3.8, 4) is 0 Å². The molecule has 1 aliphatic rings. The highest BCUT2D eigenvalue weighted by atomic mass is 35.5. The molecule has 0 unspecified atom stereocenters. The van der Waals surface area contributed by atoms with Crippen LogP contribution in [0.15, 0.2) is 68.9 Å². The zero-order chi connectivity index (χ0) is 16.6. The number of aryl methyl sites for hydroxylation is 1. The summed E-state index contributed by atoms with van der Waals surface area (Å²) in [5.74, 6) is -0.266. The van der Waals surface area contributed by atoms with E-state index in [9.17, 15) is 13.2 Å². The number of carbonyl (C=O) groups excluding carboxylic acids is 1. The minimum Gasteiger partial charge on any atom is -0.289 e. The molecule has 116 valence electrons. The number of nitrogens with zero attached hydrogens (tertiary/aromatic N) is 1. The normalized spacial score (nSPS) is 16.2. The quantitative estimate of drug-likeness (QED) is 0.836. The Balaban J connectivity index is 2.16. The number of halogens is 1. The molecule has 6 heteroatoms. The van der Waals surface area contributed by atoms with Gasteiger partial charge in [-0.3, -0.25) is 4.79 Å². The van der Waals surface area contributed by atoms with Crippen LogP contribution >= 0.6 is 11.6 Å². The summed E-state index contributed by atoms with van der Waals surface area (Å²) in [6.07, 6.45) is 1.19. The van der Waals surface area contributed by atoms with Crippen molar-refractivity contribution in [2.24, 2.45) is 4.40 Å². The van der Waals surface area contributed by atoms with E-state index in [1.807, 2.05) is 6.92 Å². The number of allylic oxidation sites excluding steroid dienone is 2. The standard InChI is InChI=1S/C17H12ClNO3S/c1-11-6-8-12(9-7-11)23(21,22)19-17-14-5-3-2-4-13(14)16(20)10-15(17)18/h2-10H,1H3/b19-17-. The van der Waals surface area contributed by atoms with Crippen LogP contribution in [0.1, 0.15) is 21.5 Å². The molecule has 0 N–H and O–H groups in total. The molecular weight excluding hydrogens is 334 g/mol. The van der Waals surface area contributed by atoms with E-state index in [-0.39, 0.29) is 21.4 Å². The van der Waals surface area contributed by atoms with Crippen LogP contribution in [-0.4, -0.2) is 19.9 Å². The number of ketones is 1. The molecule has 0 bridgehead atoms. The number of rotatable bonds is 2. The van der Waals surface area contributed by atoms with Gasteiger partial charge in [-0.1, -0.05) is 53.6 Å². The molecule has 0 fully saturated rings. The van der Waals surface area contributed by atoms with Crippen LogP contribution in [0.4, 0.5) is 0 Å². The molecule has 3 rings (SSSR count). The molecule has 2 aromatic carbocycles. The maximum Gasteiger partial charge on any atom is 0.282 e. The van der Waals surface area contributed by atoms with E-state index >= 15 is 0 Å². The van der Waals surface area contributed by atoms with E-state index in [1.165, 1.54) is 18.2 Å². The zero-order valence-corrected chi connectivity index (χ0v) is 13.7. The van der Waals surface area contributed by atoms with Crippen molar-refractivity contribution in [3.05, 3.63) is 76.3 Å². The fraction of sp³-hybridized carbons (Fsp3) is 0.0588. The molecule has 0 heterocycles. The van der Waals surface area contributed by atoms with Gasteiger partial charge in [-0.25, -0.2) is 0 Å². The van der Waals surface area contributed by atoms with E-state index in [0.29, 0.717) is 11.1 Å². The number of benzene rings is 2. The Kier molecular flexibility index (Phi) is 3.92. The first-order valence-electron chi connectivity index (χ1n) is 6.81. The lowest BCUT2D eigenvalue weighted by Gasteiger charge is -2.14. The van der Waals surface area contributed by atoms with Gasteiger partial charge in [-0.15, -0.1) is 0 Å². The van der Waals surface area contributed by atoms with Crippen molar-refractivity contribution in [1.29, 1.82) is 0 Å². The summed E-state index contributed by atoms with van der Waals surface area (Å²) >= 11 is 6.07. The van der Waals surface area contributed by atoms with Gasteiger partial charge in [0, 0.05) is 17.2 Å². The first-order valence-corrected chi connectivity index (χ1v) is 8.63. The van der Waals surface area contributed by atoms with Gasteiger partial charge in [0.15, 0.2) is 5.78 Å². The molecule has 0 amide bonds. The van der Waals surface area contributed by atoms with Crippen LogP contribution in [0.3, 0.4) is 0 Å². The lowest BCUT2D eigenvalue weighted by Crippen LogP contribution is -2.17. The maximum atomic E-state index is 12.5. The fourth-order valence-corrected chi connectivity index (χ4v) is 3.59. The average molecular weight is 346 g/mol. The predicted octanol–water partition coefficient (Wildman–Crippen LogP) is 3.49. The van der Waals surface area contributed by atoms with Crippen LogP contribution < -0.4 is 0 Å². The molecule has 2 aromatic rings. The van der Waals surface area contributed by atoms with Gasteiger partial charge in [-0.2, -0.15) is 12.8 Å². The van der Waals surface area contributed by atoms with Gasteiger partial charge in [-0.05, 0) is 19.1 Å². The second-order valence-electron chi connectivity index (χ2n) is 5.13. The van der Waals surface area contributed by atoms with Crippen molar-refractivity contribution in [2.45, 2.75) is 11.8 Å². The molecule has 0 spiro atoms. The summed E-state index contributed by atoms with van der Waals surface area (Å²) in [5, 5.41) is 0.0180. The van der Waals surface area contributed by atoms with Gasteiger partial charge in [0.2, 0.25) is 0 Å². The molecule has 0 saturated carbocycles. The first kappa shape index (κ1) is 15.6. The van der Waals surface area contributed by atoms with Crippen molar-refractivity contribution < 1.29 is 13.2 Å². The fourth-order valence-electron chi connectivity index (χ4n) is 2.27. The summed E-state index contributed by atoms with van der Waals surface area (Å²) in [5.41, 5.74) is 1.83. The van der Waals surface area contributed by atoms with Crippen molar-refractivity contribution in [3.63, 3.8) is 0 Å². The number of hydrogen-bond acceptors (Lipinski definition) is 3. The molecule has 1 aliphatic carbocycles. The summed E-state index contributed by atoms with van der Waals surface area (Å²) in [4.78, 5) is 12.0. The molecule has 0 aromatic heterocycles. The third-order valence-electron chi connectivity index (χ3n) is 3.46. The van der Waals surface area contributed by atoms with E-state index in [4.69, 9.17) is 11.6 Å². The monoisotopic (exact) mass is 345 g/mol. The number of carbonyl (C=O) groups is 1. The second kappa shape index (κ2) is 5.76.